The number of rotatable bonds is 2. The first-order valence-corrected chi connectivity index (χ1v) is 4.37. The second-order valence-electron chi connectivity index (χ2n) is 2.37. The summed E-state index contributed by atoms with van der Waals surface area (Å²) in [4.78, 5) is 3.07. The zero-order valence-electron chi connectivity index (χ0n) is 6.48. The van der Waals surface area contributed by atoms with Crippen LogP contribution < -0.4 is 0 Å². The van der Waals surface area contributed by atoms with Gasteiger partial charge in [-0.25, -0.2) is 4.98 Å². The molecule has 0 amide bonds. The molecule has 0 saturated carbocycles. The molecular formula is C7H8F3NS. The van der Waals surface area contributed by atoms with Gasteiger partial charge in [-0.15, -0.1) is 11.3 Å². The fourth-order valence-corrected chi connectivity index (χ4v) is 1.66. The number of alkyl halides is 3. The van der Waals surface area contributed by atoms with Gasteiger partial charge in [-0.3, -0.25) is 0 Å². The Balaban J connectivity index is 2.77. The van der Waals surface area contributed by atoms with Crippen LogP contribution >= 0.6 is 11.3 Å². The van der Waals surface area contributed by atoms with Crippen molar-refractivity contribution in [1.82, 2.24) is 4.98 Å². The van der Waals surface area contributed by atoms with Gasteiger partial charge in [0.1, 0.15) is 4.88 Å². The van der Waals surface area contributed by atoms with Crippen LogP contribution in [0.1, 0.15) is 23.2 Å². The molecule has 68 valence electrons. The highest BCUT2D eigenvalue weighted by atomic mass is 32.1. The first kappa shape index (κ1) is 9.51. The SMILES string of the molecule is CCCc1ncc(C(F)(F)F)s1. The molecule has 0 aliphatic carbocycles. The van der Waals surface area contributed by atoms with Crippen LogP contribution in [0.3, 0.4) is 0 Å². The molecule has 1 nitrogen and oxygen atoms in total. The number of halogens is 3. The molecule has 1 heterocycles. The maximum atomic E-state index is 12.0. The van der Waals surface area contributed by atoms with Gasteiger partial charge in [-0.05, 0) is 12.8 Å². The summed E-state index contributed by atoms with van der Waals surface area (Å²) in [6.45, 7) is 1.91. The summed E-state index contributed by atoms with van der Waals surface area (Å²) in [5, 5.41) is 0.560. The molecule has 1 rings (SSSR count). The van der Waals surface area contributed by atoms with Gasteiger partial charge in [0.2, 0.25) is 0 Å². The van der Waals surface area contributed by atoms with Gasteiger partial charge in [0.25, 0.3) is 0 Å². The Bertz CT molecular complexity index is 253. The van der Waals surface area contributed by atoms with E-state index in [4.69, 9.17) is 0 Å². The molecule has 0 aliphatic heterocycles. The number of hydrogen-bond acceptors (Lipinski definition) is 2. The van der Waals surface area contributed by atoms with Crippen molar-refractivity contribution in [3.8, 4) is 0 Å². The molecule has 0 saturated heterocycles. The molecule has 1 aromatic heterocycles. The second-order valence-corrected chi connectivity index (χ2v) is 3.48. The van der Waals surface area contributed by atoms with Crippen LogP contribution in [0.25, 0.3) is 0 Å². The number of nitrogens with zero attached hydrogens (tertiary/aromatic N) is 1. The lowest BCUT2D eigenvalue weighted by atomic mass is 10.4. The Labute approximate surface area is 72.2 Å². The van der Waals surface area contributed by atoms with E-state index in [1.807, 2.05) is 6.92 Å². The summed E-state index contributed by atoms with van der Waals surface area (Å²) in [5.41, 5.74) is 0. The quantitative estimate of drug-likeness (QED) is 0.706. The number of thiazole rings is 1. The van der Waals surface area contributed by atoms with Gasteiger partial charge in [0, 0.05) is 0 Å². The van der Waals surface area contributed by atoms with Crippen LogP contribution in [0.15, 0.2) is 6.20 Å². The van der Waals surface area contributed by atoms with Gasteiger partial charge in [0.05, 0.1) is 11.2 Å². The van der Waals surface area contributed by atoms with Crippen molar-refractivity contribution in [2.75, 3.05) is 0 Å². The van der Waals surface area contributed by atoms with Crippen LogP contribution in [0.4, 0.5) is 13.2 Å². The van der Waals surface area contributed by atoms with Crippen molar-refractivity contribution in [3.05, 3.63) is 16.1 Å². The highest BCUT2D eigenvalue weighted by Crippen LogP contribution is 2.33. The van der Waals surface area contributed by atoms with E-state index in [1.54, 1.807) is 0 Å². The molecule has 1 aromatic rings. The molecule has 0 radical (unpaired) electrons. The Morgan fingerprint density at radius 2 is 2.17 bits per heavy atom. The Hall–Kier alpha value is -0.580. The maximum Gasteiger partial charge on any atom is 0.427 e. The third-order valence-corrected chi connectivity index (χ3v) is 2.40. The molecule has 0 aromatic carbocycles. The summed E-state index contributed by atoms with van der Waals surface area (Å²) < 4.78 is 36.0. The zero-order valence-corrected chi connectivity index (χ0v) is 7.30. The summed E-state index contributed by atoms with van der Waals surface area (Å²) in [5.74, 6) is 0. The largest absolute Gasteiger partial charge is 0.427 e. The molecule has 0 N–H and O–H groups in total. The summed E-state index contributed by atoms with van der Waals surface area (Å²) in [7, 11) is 0. The van der Waals surface area contributed by atoms with E-state index in [9.17, 15) is 13.2 Å². The Morgan fingerprint density at radius 1 is 1.50 bits per heavy atom. The second kappa shape index (κ2) is 3.43. The first-order valence-electron chi connectivity index (χ1n) is 3.56. The topological polar surface area (TPSA) is 12.9 Å². The lowest BCUT2D eigenvalue weighted by Gasteiger charge is -1.99. The fraction of sp³-hybridized carbons (Fsp3) is 0.571. The van der Waals surface area contributed by atoms with Gasteiger partial charge in [0.15, 0.2) is 0 Å². The molecule has 0 aliphatic rings. The summed E-state index contributed by atoms with van der Waals surface area (Å²) in [6, 6.07) is 0. The molecular weight excluding hydrogens is 187 g/mol. The maximum absolute atomic E-state index is 12.0. The van der Waals surface area contributed by atoms with Crippen molar-refractivity contribution >= 4 is 11.3 Å². The number of aryl methyl sites for hydroxylation is 1. The van der Waals surface area contributed by atoms with Crippen LogP contribution in [-0.2, 0) is 12.6 Å². The minimum atomic E-state index is -4.23. The van der Waals surface area contributed by atoms with Crippen LogP contribution in [0.5, 0.6) is 0 Å². The van der Waals surface area contributed by atoms with Crippen LogP contribution in [-0.4, -0.2) is 4.98 Å². The molecule has 5 heteroatoms. The normalized spacial score (nSPS) is 12.0. The minimum absolute atomic E-state index is 0.560. The highest BCUT2D eigenvalue weighted by Gasteiger charge is 2.32. The predicted molar refractivity (Wildman–Crippen MR) is 41.1 cm³/mol. The van der Waals surface area contributed by atoms with Crippen LogP contribution in [0.2, 0.25) is 0 Å². The Morgan fingerprint density at radius 3 is 2.58 bits per heavy atom. The van der Waals surface area contributed by atoms with Gasteiger partial charge < -0.3 is 0 Å². The van der Waals surface area contributed by atoms with E-state index >= 15 is 0 Å². The minimum Gasteiger partial charge on any atom is -0.249 e. The molecule has 0 bridgehead atoms. The summed E-state index contributed by atoms with van der Waals surface area (Å²) >= 11 is 0.728. The highest BCUT2D eigenvalue weighted by molar-refractivity contribution is 7.11. The average molecular weight is 195 g/mol. The van der Waals surface area contributed by atoms with Crippen molar-refractivity contribution in [2.45, 2.75) is 25.9 Å². The van der Waals surface area contributed by atoms with E-state index in [0.29, 0.717) is 11.4 Å². The van der Waals surface area contributed by atoms with Crippen molar-refractivity contribution in [2.24, 2.45) is 0 Å². The monoisotopic (exact) mass is 195 g/mol. The predicted octanol–water partition coefficient (Wildman–Crippen LogP) is 3.11. The van der Waals surface area contributed by atoms with Crippen molar-refractivity contribution < 1.29 is 13.2 Å². The van der Waals surface area contributed by atoms with E-state index in [2.05, 4.69) is 4.98 Å². The van der Waals surface area contributed by atoms with E-state index in [-0.39, 0.29) is 0 Å². The van der Waals surface area contributed by atoms with E-state index in [1.165, 1.54) is 0 Å². The number of hydrogen-bond donors (Lipinski definition) is 0. The molecule has 0 unspecified atom stereocenters. The third kappa shape index (κ3) is 2.20. The first-order chi connectivity index (χ1) is 5.54. The Kier molecular flexibility index (Phi) is 2.72. The van der Waals surface area contributed by atoms with Gasteiger partial charge >= 0.3 is 6.18 Å². The third-order valence-electron chi connectivity index (χ3n) is 1.30. The van der Waals surface area contributed by atoms with Crippen molar-refractivity contribution in [1.29, 1.82) is 0 Å². The number of aromatic nitrogens is 1. The van der Waals surface area contributed by atoms with E-state index in [0.717, 1.165) is 24.0 Å². The fourth-order valence-electron chi connectivity index (χ4n) is 0.771. The molecule has 0 fully saturated rings. The lowest BCUT2D eigenvalue weighted by molar-refractivity contribution is -0.134. The molecule has 0 atom stereocenters. The van der Waals surface area contributed by atoms with Gasteiger partial charge in [-0.1, -0.05) is 6.92 Å². The van der Waals surface area contributed by atoms with E-state index < -0.39 is 11.1 Å². The zero-order chi connectivity index (χ0) is 9.19. The lowest BCUT2D eigenvalue weighted by Crippen LogP contribution is -2.00. The van der Waals surface area contributed by atoms with Gasteiger partial charge in [-0.2, -0.15) is 13.2 Å². The van der Waals surface area contributed by atoms with Crippen molar-refractivity contribution in [3.63, 3.8) is 0 Å². The average Bonchev–Trinajstić information content (AvgIpc) is 2.35. The standard InChI is InChI=1S/C7H8F3NS/c1-2-3-6-11-4-5(12-6)7(8,9)10/h4H,2-3H2,1H3. The smallest absolute Gasteiger partial charge is 0.249 e. The summed E-state index contributed by atoms with van der Waals surface area (Å²) in [6.07, 6.45) is -1.88. The van der Waals surface area contributed by atoms with Crippen LogP contribution in [0, 0.1) is 0 Å². The molecule has 0 spiro atoms. The molecule has 12 heavy (non-hydrogen) atoms.